The number of para-hydroxylation sites is 1. The van der Waals surface area contributed by atoms with Gasteiger partial charge in [0, 0.05) is 17.2 Å². The SMILES string of the molecule is CC(=O)C=C(C)NNc1ncnc2ccccc12. The quantitative estimate of drug-likeness (QED) is 0.634. The van der Waals surface area contributed by atoms with Gasteiger partial charge in [0.05, 0.1) is 5.52 Å². The maximum Gasteiger partial charge on any atom is 0.155 e. The molecule has 0 atom stereocenters. The van der Waals surface area contributed by atoms with Crippen molar-refractivity contribution in [3.05, 3.63) is 42.4 Å². The first-order chi connectivity index (χ1) is 8.66. The first kappa shape index (κ1) is 12.0. The average Bonchev–Trinajstić information content (AvgIpc) is 2.35. The number of carbonyl (C=O) groups excluding carboxylic acids is 1. The lowest BCUT2D eigenvalue weighted by Gasteiger charge is -2.10. The summed E-state index contributed by atoms with van der Waals surface area (Å²) < 4.78 is 0. The predicted octanol–water partition coefficient (Wildman–Crippen LogP) is 2.04. The maximum atomic E-state index is 10.9. The smallest absolute Gasteiger partial charge is 0.155 e. The van der Waals surface area contributed by atoms with E-state index in [9.17, 15) is 4.79 Å². The van der Waals surface area contributed by atoms with E-state index in [0.29, 0.717) is 5.82 Å². The van der Waals surface area contributed by atoms with E-state index in [1.807, 2.05) is 24.3 Å². The van der Waals surface area contributed by atoms with Gasteiger partial charge in [-0.3, -0.25) is 10.2 Å². The fourth-order valence-corrected chi connectivity index (χ4v) is 1.60. The van der Waals surface area contributed by atoms with Crippen molar-refractivity contribution >= 4 is 22.5 Å². The summed E-state index contributed by atoms with van der Waals surface area (Å²) in [6.07, 6.45) is 3.01. The highest BCUT2D eigenvalue weighted by atomic mass is 16.1. The Hall–Kier alpha value is -2.43. The molecule has 0 saturated heterocycles. The van der Waals surface area contributed by atoms with Crippen molar-refractivity contribution in [2.75, 3.05) is 5.43 Å². The van der Waals surface area contributed by atoms with Crippen molar-refractivity contribution in [2.24, 2.45) is 0 Å². The van der Waals surface area contributed by atoms with Crippen molar-refractivity contribution in [2.45, 2.75) is 13.8 Å². The van der Waals surface area contributed by atoms with Gasteiger partial charge in [0.15, 0.2) is 11.6 Å². The fraction of sp³-hybridized carbons (Fsp3) is 0.154. The summed E-state index contributed by atoms with van der Waals surface area (Å²) in [7, 11) is 0. The second-order valence-corrected chi connectivity index (χ2v) is 3.93. The lowest BCUT2D eigenvalue weighted by Crippen LogP contribution is -2.21. The normalized spacial score (nSPS) is 11.3. The van der Waals surface area contributed by atoms with Crippen LogP contribution in [0.1, 0.15) is 13.8 Å². The molecule has 18 heavy (non-hydrogen) atoms. The minimum atomic E-state index is -0.00524. The fourth-order valence-electron chi connectivity index (χ4n) is 1.60. The minimum Gasteiger partial charge on any atom is -0.304 e. The van der Waals surface area contributed by atoms with Crippen LogP contribution in [0.15, 0.2) is 42.4 Å². The Morgan fingerprint density at radius 2 is 2.00 bits per heavy atom. The van der Waals surface area contributed by atoms with Gasteiger partial charge in [-0.15, -0.1) is 0 Å². The van der Waals surface area contributed by atoms with Crippen LogP contribution in [-0.2, 0) is 4.79 Å². The van der Waals surface area contributed by atoms with Crippen LogP contribution in [0.5, 0.6) is 0 Å². The van der Waals surface area contributed by atoms with Crippen LogP contribution in [0, 0.1) is 0 Å². The molecule has 1 heterocycles. The number of fused-ring (bicyclic) bond motifs is 1. The lowest BCUT2D eigenvalue weighted by atomic mass is 10.2. The van der Waals surface area contributed by atoms with Gasteiger partial charge in [0.1, 0.15) is 6.33 Å². The molecular weight excluding hydrogens is 228 g/mol. The molecule has 2 rings (SSSR count). The Morgan fingerprint density at radius 1 is 1.22 bits per heavy atom. The van der Waals surface area contributed by atoms with Crippen molar-refractivity contribution in [1.82, 2.24) is 15.4 Å². The van der Waals surface area contributed by atoms with Crippen LogP contribution in [0.4, 0.5) is 5.82 Å². The summed E-state index contributed by atoms with van der Waals surface area (Å²) in [5, 5.41) is 0.920. The number of rotatable bonds is 4. The number of aromatic nitrogens is 2. The average molecular weight is 242 g/mol. The van der Waals surface area contributed by atoms with Crippen molar-refractivity contribution in [3.8, 4) is 0 Å². The summed E-state index contributed by atoms with van der Waals surface area (Å²) in [4.78, 5) is 19.2. The number of benzene rings is 1. The summed E-state index contributed by atoms with van der Waals surface area (Å²) in [6.45, 7) is 3.31. The van der Waals surface area contributed by atoms with Gasteiger partial charge >= 0.3 is 0 Å². The van der Waals surface area contributed by atoms with Crippen LogP contribution in [0.2, 0.25) is 0 Å². The Bertz CT molecular complexity index is 601. The van der Waals surface area contributed by atoms with E-state index in [1.165, 1.54) is 19.3 Å². The molecular formula is C13H14N4O. The third-order valence-corrected chi connectivity index (χ3v) is 2.34. The van der Waals surface area contributed by atoms with E-state index in [1.54, 1.807) is 6.92 Å². The van der Waals surface area contributed by atoms with Crippen LogP contribution in [0.3, 0.4) is 0 Å². The summed E-state index contributed by atoms with van der Waals surface area (Å²) in [5.41, 5.74) is 7.49. The Labute approximate surface area is 105 Å². The van der Waals surface area contributed by atoms with Crippen molar-refractivity contribution < 1.29 is 4.79 Å². The molecule has 0 spiro atoms. The molecule has 2 N–H and O–H groups in total. The highest BCUT2D eigenvalue weighted by molar-refractivity contribution is 5.89. The number of carbonyl (C=O) groups is 1. The first-order valence-corrected chi connectivity index (χ1v) is 5.57. The number of hydrogen-bond donors (Lipinski definition) is 2. The Kier molecular flexibility index (Phi) is 3.52. The number of hydrazine groups is 1. The van der Waals surface area contributed by atoms with Gasteiger partial charge in [-0.05, 0) is 26.0 Å². The predicted molar refractivity (Wildman–Crippen MR) is 70.7 cm³/mol. The highest BCUT2D eigenvalue weighted by Gasteiger charge is 2.01. The molecule has 0 radical (unpaired) electrons. The van der Waals surface area contributed by atoms with E-state index in [-0.39, 0.29) is 5.78 Å². The third-order valence-electron chi connectivity index (χ3n) is 2.34. The molecule has 0 fully saturated rings. The molecule has 1 aromatic carbocycles. The number of anilines is 1. The molecule has 92 valence electrons. The van der Waals surface area contributed by atoms with E-state index in [0.717, 1.165) is 16.6 Å². The first-order valence-electron chi connectivity index (χ1n) is 5.57. The molecule has 0 saturated carbocycles. The molecule has 2 aromatic rings. The summed E-state index contributed by atoms with van der Waals surface area (Å²) in [5.74, 6) is 0.672. The molecule has 0 aliphatic rings. The third kappa shape index (κ3) is 2.82. The van der Waals surface area contributed by atoms with Crippen molar-refractivity contribution in [3.63, 3.8) is 0 Å². The molecule has 0 aliphatic carbocycles. The second-order valence-electron chi connectivity index (χ2n) is 3.93. The van der Waals surface area contributed by atoms with Gasteiger partial charge in [0.2, 0.25) is 0 Å². The maximum absolute atomic E-state index is 10.9. The van der Waals surface area contributed by atoms with E-state index >= 15 is 0 Å². The molecule has 0 bridgehead atoms. The van der Waals surface area contributed by atoms with Crippen LogP contribution < -0.4 is 10.9 Å². The number of hydrogen-bond acceptors (Lipinski definition) is 5. The summed E-state index contributed by atoms with van der Waals surface area (Å²) in [6, 6.07) is 7.70. The van der Waals surface area contributed by atoms with Crippen LogP contribution >= 0.6 is 0 Å². The summed E-state index contributed by atoms with van der Waals surface area (Å²) >= 11 is 0. The topological polar surface area (TPSA) is 66.9 Å². The standard InChI is InChI=1S/C13H14N4O/c1-9(7-10(2)18)16-17-13-11-5-3-4-6-12(11)14-8-15-13/h3-8,16H,1-2H3,(H,14,15,17). The Balaban J connectivity index is 2.20. The molecule has 5 heteroatoms. The number of nitrogens with zero attached hydrogens (tertiary/aromatic N) is 2. The van der Waals surface area contributed by atoms with Crippen LogP contribution in [-0.4, -0.2) is 15.8 Å². The zero-order chi connectivity index (χ0) is 13.0. The largest absolute Gasteiger partial charge is 0.304 e. The minimum absolute atomic E-state index is 0.00524. The van der Waals surface area contributed by atoms with Crippen LogP contribution in [0.25, 0.3) is 10.9 Å². The number of ketones is 1. The van der Waals surface area contributed by atoms with E-state index in [4.69, 9.17) is 0 Å². The zero-order valence-electron chi connectivity index (χ0n) is 10.3. The van der Waals surface area contributed by atoms with E-state index in [2.05, 4.69) is 20.8 Å². The van der Waals surface area contributed by atoms with Gasteiger partial charge in [-0.1, -0.05) is 12.1 Å². The van der Waals surface area contributed by atoms with E-state index < -0.39 is 0 Å². The Morgan fingerprint density at radius 3 is 2.78 bits per heavy atom. The number of nitrogens with one attached hydrogen (secondary N) is 2. The highest BCUT2D eigenvalue weighted by Crippen LogP contribution is 2.17. The number of allylic oxidation sites excluding steroid dienone is 2. The second kappa shape index (κ2) is 5.27. The van der Waals surface area contributed by atoms with Gasteiger partial charge in [-0.25, -0.2) is 9.97 Å². The molecule has 0 unspecified atom stereocenters. The molecule has 0 aliphatic heterocycles. The van der Waals surface area contributed by atoms with Gasteiger partial charge in [-0.2, -0.15) is 0 Å². The zero-order valence-corrected chi connectivity index (χ0v) is 10.3. The van der Waals surface area contributed by atoms with Gasteiger partial charge in [0.25, 0.3) is 0 Å². The molecule has 5 nitrogen and oxygen atoms in total. The van der Waals surface area contributed by atoms with Crippen molar-refractivity contribution in [1.29, 1.82) is 0 Å². The monoisotopic (exact) mass is 242 g/mol. The molecule has 0 amide bonds. The lowest BCUT2D eigenvalue weighted by molar-refractivity contribution is -0.112. The van der Waals surface area contributed by atoms with Gasteiger partial charge < -0.3 is 5.43 Å². The molecule has 1 aromatic heterocycles.